The van der Waals surface area contributed by atoms with E-state index in [1.165, 1.54) is 22.2 Å². The molecule has 5 nitrogen and oxygen atoms in total. The van der Waals surface area contributed by atoms with Crippen LogP contribution in [-0.4, -0.2) is 27.3 Å². The maximum Gasteiger partial charge on any atom is 0.319 e. The van der Waals surface area contributed by atoms with Crippen molar-refractivity contribution in [3.05, 3.63) is 20.8 Å². The van der Waals surface area contributed by atoms with Crippen LogP contribution in [0.1, 0.15) is 51.0 Å². The van der Waals surface area contributed by atoms with E-state index in [1.807, 2.05) is 20.8 Å². The highest BCUT2D eigenvalue weighted by molar-refractivity contribution is 8.00. The van der Waals surface area contributed by atoms with Gasteiger partial charge < -0.3 is 9.72 Å². The summed E-state index contributed by atoms with van der Waals surface area (Å²) < 4.78 is 5.29. The van der Waals surface area contributed by atoms with E-state index in [2.05, 4.69) is 16.9 Å². The van der Waals surface area contributed by atoms with E-state index in [-0.39, 0.29) is 22.9 Å². The molecule has 1 aliphatic rings. The molecule has 0 saturated heterocycles. The Morgan fingerprint density at radius 1 is 1.48 bits per heavy atom. The summed E-state index contributed by atoms with van der Waals surface area (Å²) in [6, 6.07) is 0. The Hall–Kier alpha value is -1.34. The standard InChI is InChI=1S/C18H24N2O3S2/c1-5-12(17(22)23-9(2)3)25-18-19-15(21)14-11-7-6-10(4)8-13(11)24-16(14)20-18/h9-10,12H,5-8H2,1-4H3,(H,19,20,21). The van der Waals surface area contributed by atoms with E-state index in [9.17, 15) is 9.59 Å². The number of nitrogens with zero attached hydrogens (tertiary/aromatic N) is 1. The average Bonchev–Trinajstić information content (AvgIpc) is 2.89. The van der Waals surface area contributed by atoms with E-state index in [0.717, 1.165) is 29.5 Å². The summed E-state index contributed by atoms with van der Waals surface area (Å²) in [5, 5.41) is 0.878. The number of thiophene rings is 1. The van der Waals surface area contributed by atoms with Crippen LogP contribution in [0.2, 0.25) is 0 Å². The number of carbonyl (C=O) groups excluding carboxylic acids is 1. The normalized spacial score (nSPS) is 18.4. The highest BCUT2D eigenvalue weighted by atomic mass is 32.2. The maximum absolute atomic E-state index is 12.6. The van der Waals surface area contributed by atoms with Gasteiger partial charge in [0.05, 0.1) is 11.5 Å². The predicted octanol–water partition coefficient (Wildman–Crippen LogP) is 3.93. The van der Waals surface area contributed by atoms with Crippen molar-refractivity contribution in [2.75, 3.05) is 0 Å². The number of esters is 1. The van der Waals surface area contributed by atoms with Gasteiger partial charge in [0.25, 0.3) is 5.56 Å². The van der Waals surface area contributed by atoms with Crippen LogP contribution in [-0.2, 0) is 22.4 Å². The lowest BCUT2D eigenvalue weighted by molar-refractivity contribution is -0.146. The van der Waals surface area contributed by atoms with Gasteiger partial charge in [-0.15, -0.1) is 11.3 Å². The molecule has 136 valence electrons. The Bertz CT molecular complexity index is 841. The highest BCUT2D eigenvalue weighted by Crippen LogP contribution is 2.36. The first-order valence-corrected chi connectivity index (χ1v) is 10.5. The number of hydrogen-bond donors (Lipinski definition) is 1. The molecule has 0 radical (unpaired) electrons. The zero-order valence-electron chi connectivity index (χ0n) is 15.0. The summed E-state index contributed by atoms with van der Waals surface area (Å²) in [6.45, 7) is 7.84. The second-order valence-electron chi connectivity index (χ2n) is 6.90. The van der Waals surface area contributed by atoms with Crippen molar-refractivity contribution < 1.29 is 9.53 Å². The molecule has 7 heteroatoms. The summed E-state index contributed by atoms with van der Waals surface area (Å²) in [7, 11) is 0. The van der Waals surface area contributed by atoms with Gasteiger partial charge in [-0.3, -0.25) is 9.59 Å². The van der Waals surface area contributed by atoms with Crippen LogP contribution in [0, 0.1) is 5.92 Å². The van der Waals surface area contributed by atoms with Crippen molar-refractivity contribution in [2.24, 2.45) is 5.92 Å². The first-order valence-electron chi connectivity index (χ1n) is 8.80. The smallest absolute Gasteiger partial charge is 0.319 e. The Kier molecular flexibility index (Phi) is 5.53. The number of carbonyl (C=O) groups is 1. The number of ether oxygens (including phenoxy) is 1. The van der Waals surface area contributed by atoms with Gasteiger partial charge in [-0.05, 0) is 51.0 Å². The lowest BCUT2D eigenvalue weighted by atomic mass is 9.89. The molecule has 0 saturated carbocycles. The Labute approximate surface area is 155 Å². The molecular formula is C18H24N2O3S2. The molecule has 0 bridgehead atoms. The number of aromatic nitrogens is 2. The van der Waals surface area contributed by atoms with E-state index >= 15 is 0 Å². The minimum atomic E-state index is -0.363. The van der Waals surface area contributed by atoms with Gasteiger partial charge in [-0.1, -0.05) is 25.6 Å². The summed E-state index contributed by atoms with van der Waals surface area (Å²) in [5.41, 5.74) is 1.08. The van der Waals surface area contributed by atoms with Crippen LogP contribution in [0.4, 0.5) is 0 Å². The number of nitrogens with one attached hydrogen (secondary N) is 1. The molecule has 1 N–H and O–H groups in total. The number of thioether (sulfide) groups is 1. The molecule has 0 spiro atoms. The Balaban J connectivity index is 1.90. The Morgan fingerprint density at radius 2 is 2.24 bits per heavy atom. The first kappa shape index (κ1) is 18.5. The van der Waals surface area contributed by atoms with Crippen LogP contribution in [0.3, 0.4) is 0 Å². The maximum atomic E-state index is 12.6. The van der Waals surface area contributed by atoms with E-state index in [4.69, 9.17) is 4.74 Å². The van der Waals surface area contributed by atoms with Crippen LogP contribution < -0.4 is 5.56 Å². The SMILES string of the molecule is CCC(Sc1nc2sc3c(c2c(=O)[nH]1)CCC(C)C3)C(=O)OC(C)C. The zero-order chi connectivity index (χ0) is 18.1. The molecular weight excluding hydrogens is 356 g/mol. The number of fused-ring (bicyclic) bond motifs is 3. The topological polar surface area (TPSA) is 72.0 Å². The predicted molar refractivity (Wildman–Crippen MR) is 103 cm³/mol. The van der Waals surface area contributed by atoms with Gasteiger partial charge in [0, 0.05) is 4.88 Å². The van der Waals surface area contributed by atoms with Crippen molar-refractivity contribution >= 4 is 39.3 Å². The van der Waals surface area contributed by atoms with E-state index in [1.54, 1.807) is 11.3 Å². The van der Waals surface area contributed by atoms with Crippen molar-refractivity contribution in [1.29, 1.82) is 0 Å². The van der Waals surface area contributed by atoms with Gasteiger partial charge in [0.2, 0.25) is 0 Å². The third-order valence-electron chi connectivity index (χ3n) is 4.38. The molecule has 2 aromatic rings. The number of hydrogen-bond acceptors (Lipinski definition) is 6. The third kappa shape index (κ3) is 3.92. The molecule has 2 unspecified atom stereocenters. The molecule has 3 rings (SSSR count). The second-order valence-corrected chi connectivity index (χ2v) is 9.18. The molecule has 0 amide bonds. The van der Waals surface area contributed by atoms with Crippen LogP contribution in [0.25, 0.3) is 10.2 Å². The summed E-state index contributed by atoms with van der Waals surface area (Å²) >= 11 is 2.90. The molecule has 25 heavy (non-hydrogen) atoms. The van der Waals surface area contributed by atoms with Gasteiger partial charge in [-0.2, -0.15) is 0 Å². The molecule has 1 aliphatic carbocycles. The van der Waals surface area contributed by atoms with Crippen molar-refractivity contribution in [1.82, 2.24) is 9.97 Å². The summed E-state index contributed by atoms with van der Waals surface area (Å²) in [5.74, 6) is 0.397. The quantitative estimate of drug-likeness (QED) is 0.483. The lowest BCUT2D eigenvalue weighted by Crippen LogP contribution is -2.23. The lowest BCUT2D eigenvalue weighted by Gasteiger charge is -2.17. The van der Waals surface area contributed by atoms with Crippen molar-refractivity contribution in [3.8, 4) is 0 Å². The number of aryl methyl sites for hydroxylation is 1. The van der Waals surface area contributed by atoms with Crippen LogP contribution in [0.15, 0.2) is 9.95 Å². The van der Waals surface area contributed by atoms with E-state index < -0.39 is 0 Å². The summed E-state index contributed by atoms with van der Waals surface area (Å²) in [6.07, 6.45) is 3.56. The fourth-order valence-corrected chi connectivity index (χ4v) is 5.45. The minimum absolute atomic E-state index is 0.0911. The van der Waals surface area contributed by atoms with Gasteiger partial charge >= 0.3 is 5.97 Å². The number of aromatic amines is 1. The molecule has 2 atom stereocenters. The van der Waals surface area contributed by atoms with Crippen molar-refractivity contribution in [3.63, 3.8) is 0 Å². The van der Waals surface area contributed by atoms with Gasteiger partial charge in [0.15, 0.2) is 5.16 Å². The van der Waals surface area contributed by atoms with Crippen LogP contribution in [0.5, 0.6) is 0 Å². The highest BCUT2D eigenvalue weighted by Gasteiger charge is 2.25. The largest absolute Gasteiger partial charge is 0.462 e. The van der Waals surface area contributed by atoms with Crippen LogP contribution >= 0.6 is 23.1 Å². The third-order valence-corrected chi connectivity index (χ3v) is 6.76. The molecule has 2 aromatic heterocycles. The summed E-state index contributed by atoms with van der Waals surface area (Å²) in [4.78, 5) is 34.4. The van der Waals surface area contributed by atoms with Crippen molar-refractivity contribution in [2.45, 2.75) is 69.9 Å². The fourth-order valence-electron chi connectivity index (χ4n) is 3.13. The first-order chi connectivity index (χ1) is 11.9. The van der Waals surface area contributed by atoms with Gasteiger partial charge in [-0.25, -0.2) is 4.98 Å². The number of H-pyrrole nitrogens is 1. The van der Waals surface area contributed by atoms with E-state index in [0.29, 0.717) is 17.5 Å². The van der Waals surface area contributed by atoms with Gasteiger partial charge in [0.1, 0.15) is 10.1 Å². The average molecular weight is 381 g/mol. The second kappa shape index (κ2) is 7.50. The molecule has 0 aromatic carbocycles. The zero-order valence-corrected chi connectivity index (χ0v) is 16.7. The Morgan fingerprint density at radius 3 is 2.92 bits per heavy atom. The molecule has 2 heterocycles. The molecule has 0 fully saturated rings. The minimum Gasteiger partial charge on any atom is -0.462 e. The molecule has 0 aliphatic heterocycles. The monoisotopic (exact) mass is 380 g/mol. The number of rotatable bonds is 5. The fraction of sp³-hybridized carbons (Fsp3) is 0.611.